The Hall–Kier alpha value is -1.09. The molecule has 88 valence electrons. The number of hydrogen-bond acceptors (Lipinski definition) is 2. The van der Waals surface area contributed by atoms with Crippen LogP contribution in [0.15, 0.2) is 18.3 Å². The Morgan fingerprint density at radius 3 is 2.69 bits per heavy atom. The van der Waals surface area contributed by atoms with E-state index in [4.69, 9.17) is 0 Å². The number of nitrogens with zero attached hydrogens (tertiary/aromatic N) is 1. The Morgan fingerprint density at radius 2 is 2.12 bits per heavy atom. The molecule has 0 amide bonds. The van der Waals surface area contributed by atoms with Gasteiger partial charge in [-0.2, -0.15) is 0 Å². The summed E-state index contributed by atoms with van der Waals surface area (Å²) < 4.78 is 0. The van der Waals surface area contributed by atoms with Crippen LogP contribution in [0.4, 0.5) is 0 Å². The second-order valence-electron chi connectivity index (χ2n) is 5.45. The van der Waals surface area contributed by atoms with Gasteiger partial charge in [0.05, 0.1) is 12.2 Å². The number of ketones is 1. The molecule has 0 unspecified atom stereocenters. The molecule has 1 aromatic rings. The van der Waals surface area contributed by atoms with Crippen molar-refractivity contribution in [2.75, 3.05) is 19.6 Å². The first-order chi connectivity index (χ1) is 7.57. The van der Waals surface area contributed by atoms with Gasteiger partial charge < -0.3 is 4.98 Å². The average molecular weight is 220 g/mol. The van der Waals surface area contributed by atoms with E-state index in [0.29, 0.717) is 12.0 Å². The van der Waals surface area contributed by atoms with E-state index in [0.717, 1.165) is 18.8 Å². The number of Topliss-reactive ketones (excluding diaryl/α,β-unsaturated/α-hetero) is 1. The SMILES string of the molecule is CC1(C)CCN(CC(=O)c2ccc[nH]2)CC1. The van der Waals surface area contributed by atoms with Crippen LogP contribution >= 0.6 is 0 Å². The second-order valence-corrected chi connectivity index (χ2v) is 5.45. The molecule has 0 atom stereocenters. The van der Waals surface area contributed by atoms with Crippen molar-refractivity contribution >= 4 is 5.78 Å². The molecule has 0 radical (unpaired) electrons. The molecule has 1 aliphatic rings. The molecule has 0 saturated carbocycles. The van der Waals surface area contributed by atoms with Crippen LogP contribution in [0.1, 0.15) is 37.2 Å². The zero-order chi connectivity index (χ0) is 11.6. The van der Waals surface area contributed by atoms with Gasteiger partial charge in [0.1, 0.15) is 0 Å². The number of aromatic nitrogens is 1. The van der Waals surface area contributed by atoms with Crippen molar-refractivity contribution in [2.45, 2.75) is 26.7 Å². The van der Waals surface area contributed by atoms with Gasteiger partial charge in [-0.25, -0.2) is 0 Å². The Bertz CT molecular complexity index is 344. The van der Waals surface area contributed by atoms with E-state index in [-0.39, 0.29) is 5.78 Å². The van der Waals surface area contributed by atoms with Gasteiger partial charge in [0.2, 0.25) is 0 Å². The third-order valence-electron chi connectivity index (χ3n) is 3.48. The van der Waals surface area contributed by atoms with E-state index in [2.05, 4.69) is 23.7 Å². The molecule has 0 aromatic carbocycles. The molecule has 1 aliphatic heterocycles. The molecule has 3 nitrogen and oxygen atoms in total. The van der Waals surface area contributed by atoms with Gasteiger partial charge in [-0.3, -0.25) is 9.69 Å². The Labute approximate surface area is 96.8 Å². The molecule has 1 N–H and O–H groups in total. The number of carbonyl (C=O) groups is 1. The lowest BCUT2D eigenvalue weighted by molar-refractivity contribution is 0.0841. The molecule has 16 heavy (non-hydrogen) atoms. The molecule has 2 heterocycles. The van der Waals surface area contributed by atoms with E-state index in [1.807, 2.05) is 12.1 Å². The molecule has 1 saturated heterocycles. The number of rotatable bonds is 3. The van der Waals surface area contributed by atoms with Gasteiger partial charge in [-0.15, -0.1) is 0 Å². The minimum absolute atomic E-state index is 0.199. The maximum Gasteiger partial charge on any atom is 0.192 e. The summed E-state index contributed by atoms with van der Waals surface area (Å²) in [7, 11) is 0. The number of nitrogens with one attached hydrogen (secondary N) is 1. The topological polar surface area (TPSA) is 36.1 Å². The lowest BCUT2D eigenvalue weighted by Crippen LogP contribution is -2.40. The largest absolute Gasteiger partial charge is 0.359 e. The van der Waals surface area contributed by atoms with E-state index in [1.165, 1.54) is 12.8 Å². The Balaban J connectivity index is 1.85. The normalized spacial score (nSPS) is 20.9. The number of likely N-dealkylation sites (tertiary alicyclic amines) is 1. The fraction of sp³-hybridized carbons (Fsp3) is 0.615. The highest BCUT2D eigenvalue weighted by Crippen LogP contribution is 2.29. The zero-order valence-electron chi connectivity index (χ0n) is 10.1. The minimum atomic E-state index is 0.199. The first-order valence-corrected chi connectivity index (χ1v) is 5.96. The number of H-pyrrole nitrogens is 1. The Morgan fingerprint density at radius 1 is 1.44 bits per heavy atom. The number of carbonyl (C=O) groups excluding carboxylic acids is 1. The first-order valence-electron chi connectivity index (χ1n) is 5.96. The molecule has 2 rings (SSSR count). The van der Waals surface area contributed by atoms with Gasteiger partial charge in [-0.1, -0.05) is 13.8 Å². The number of hydrogen-bond donors (Lipinski definition) is 1. The van der Waals surface area contributed by atoms with Gasteiger partial charge in [0.25, 0.3) is 0 Å². The lowest BCUT2D eigenvalue weighted by atomic mass is 9.82. The van der Waals surface area contributed by atoms with Crippen molar-refractivity contribution in [3.63, 3.8) is 0 Å². The molecule has 0 aliphatic carbocycles. The van der Waals surface area contributed by atoms with Crippen molar-refractivity contribution in [1.29, 1.82) is 0 Å². The minimum Gasteiger partial charge on any atom is -0.359 e. The molecule has 3 heteroatoms. The van der Waals surface area contributed by atoms with Gasteiger partial charge in [0, 0.05) is 6.20 Å². The van der Waals surface area contributed by atoms with Gasteiger partial charge >= 0.3 is 0 Å². The highest BCUT2D eigenvalue weighted by atomic mass is 16.1. The van der Waals surface area contributed by atoms with E-state index in [9.17, 15) is 4.79 Å². The summed E-state index contributed by atoms with van der Waals surface area (Å²) in [4.78, 5) is 17.1. The number of piperidine rings is 1. The standard InChI is InChI=1S/C13H20N2O/c1-13(2)5-8-15(9-6-13)10-12(16)11-4-3-7-14-11/h3-4,7,14H,5-6,8-10H2,1-2H3. The summed E-state index contributed by atoms with van der Waals surface area (Å²) in [6.45, 7) is 7.24. The summed E-state index contributed by atoms with van der Waals surface area (Å²) in [6.07, 6.45) is 4.17. The zero-order valence-corrected chi connectivity index (χ0v) is 10.1. The molecule has 1 aromatic heterocycles. The van der Waals surface area contributed by atoms with Gasteiger partial charge in [-0.05, 0) is 43.5 Å². The lowest BCUT2D eigenvalue weighted by Gasteiger charge is -2.36. The van der Waals surface area contributed by atoms with E-state index < -0.39 is 0 Å². The molecule has 1 fully saturated rings. The van der Waals surface area contributed by atoms with Crippen LogP contribution in [0.5, 0.6) is 0 Å². The number of aromatic amines is 1. The summed E-state index contributed by atoms with van der Waals surface area (Å²) in [5, 5.41) is 0. The van der Waals surface area contributed by atoms with Gasteiger partial charge in [0.15, 0.2) is 5.78 Å². The van der Waals surface area contributed by atoms with Crippen LogP contribution in [-0.4, -0.2) is 35.3 Å². The third-order valence-corrected chi connectivity index (χ3v) is 3.48. The van der Waals surface area contributed by atoms with Crippen molar-refractivity contribution in [3.8, 4) is 0 Å². The molecular formula is C13H20N2O. The predicted octanol–water partition coefficient (Wildman–Crippen LogP) is 2.32. The van der Waals surface area contributed by atoms with Crippen molar-refractivity contribution in [3.05, 3.63) is 24.0 Å². The smallest absolute Gasteiger partial charge is 0.192 e. The highest BCUT2D eigenvalue weighted by Gasteiger charge is 2.26. The molecule has 0 spiro atoms. The van der Waals surface area contributed by atoms with E-state index >= 15 is 0 Å². The van der Waals surface area contributed by atoms with Crippen molar-refractivity contribution in [1.82, 2.24) is 9.88 Å². The third kappa shape index (κ3) is 2.73. The van der Waals surface area contributed by atoms with Crippen LogP contribution in [0.2, 0.25) is 0 Å². The quantitative estimate of drug-likeness (QED) is 0.794. The molecular weight excluding hydrogens is 200 g/mol. The Kier molecular flexibility index (Phi) is 3.15. The summed E-state index contributed by atoms with van der Waals surface area (Å²) in [6, 6.07) is 3.71. The highest BCUT2D eigenvalue weighted by molar-refractivity contribution is 5.95. The summed E-state index contributed by atoms with van der Waals surface area (Å²) >= 11 is 0. The second kappa shape index (κ2) is 4.42. The van der Waals surface area contributed by atoms with Crippen molar-refractivity contribution < 1.29 is 4.79 Å². The maximum absolute atomic E-state index is 11.9. The monoisotopic (exact) mass is 220 g/mol. The van der Waals surface area contributed by atoms with Crippen LogP contribution < -0.4 is 0 Å². The van der Waals surface area contributed by atoms with Crippen molar-refractivity contribution in [2.24, 2.45) is 5.41 Å². The fourth-order valence-corrected chi connectivity index (χ4v) is 2.11. The van der Waals surface area contributed by atoms with Crippen LogP contribution in [0, 0.1) is 5.41 Å². The fourth-order valence-electron chi connectivity index (χ4n) is 2.11. The van der Waals surface area contributed by atoms with E-state index in [1.54, 1.807) is 6.20 Å². The molecule has 0 bridgehead atoms. The summed E-state index contributed by atoms with van der Waals surface area (Å²) in [5.74, 6) is 0.199. The average Bonchev–Trinajstić information content (AvgIpc) is 2.74. The van der Waals surface area contributed by atoms with Crippen LogP contribution in [0.3, 0.4) is 0 Å². The predicted molar refractivity (Wildman–Crippen MR) is 64.6 cm³/mol. The van der Waals surface area contributed by atoms with Crippen LogP contribution in [0.25, 0.3) is 0 Å². The first kappa shape index (κ1) is 11.4. The van der Waals surface area contributed by atoms with Crippen LogP contribution in [-0.2, 0) is 0 Å². The maximum atomic E-state index is 11.9. The summed E-state index contributed by atoms with van der Waals surface area (Å²) in [5.41, 5.74) is 1.18.